The fourth-order valence-corrected chi connectivity index (χ4v) is 1.46. The van der Waals surface area contributed by atoms with Gasteiger partial charge in [0.1, 0.15) is 6.07 Å². The molecule has 0 aromatic carbocycles. The summed E-state index contributed by atoms with van der Waals surface area (Å²) in [6, 6.07) is 3.82. The fraction of sp³-hybridized carbons (Fsp3) is 0.455. The number of aromatic nitrogens is 1. The van der Waals surface area contributed by atoms with Gasteiger partial charge in [0.25, 0.3) is 0 Å². The number of aryl methyl sites for hydroxylation is 2. The van der Waals surface area contributed by atoms with Crippen LogP contribution in [0.2, 0.25) is 0 Å². The first kappa shape index (κ1) is 10.7. The number of pyridine rings is 1. The van der Waals surface area contributed by atoms with Crippen molar-refractivity contribution in [1.82, 2.24) is 4.98 Å². The van der Waals surface area contributed by atoms with Crippen molar-refractivity contribution in [2.24, 2.45) is 0 Å². The summed E-state index contributed by atoms with van der Waals surface area (Å²) >= 11 is 0. The van der Waals surface area contributed by atoms with Crippen molar-refractivity contribution in [1.29, 1.82) is 5.26 Å². The van der Waals surface area contributed by atoms with Gasteiger partial charge in [-0.3, -0.25) is 4.98 Å². The maximum absolute atomic E-state index is 9.44. The lowest BCUT2D eigenvalue weighted by molar-refractivity contribution is 0.198. The molecule has 3 heteroatoms. The van der Waals surface area contributed by atoms with Crippen LogP contribution in [0, 0.1) is 18.3 Å². The van der Waals surface area contributed by atoms with Crippen molar-refractivity contribution < 1.29 is 5.11 Å². The molecule has 1 heterocycles. The summed E-state index contributed by atoms with van der Waals surface area (Å²) in [7, 11) is 0. The third kappa shape index (κ3) is 1.91. The maximum Gasteiger partial charge on any atom is 0.101 e. The lowest BCUT2D eigenvalue weighted by atomic mass is 10.0. The summed E-state index contributed by atoms with van der Waals surface area (Å²) in [4.78, 5) is 4.30. The third-order valence-electron chi connectivity index (χ3n) is 2.24. The van der Waals surface area contributed by atoms with Gasteiger partial charge >= 0.3 is 0 Å². The van der Waals surface area contributed by atoms with E-state index in [1.54, 1.807) is 13.0 Å². The van der Waals surface area contributed by atoms with Gasteiger partial charge in [0, 0.05) is 11.3 Å². The highest BCUT2D eigenvalue weighted by Crippen LogP contribution is 2.19. The van der Waals surface area contributed by atoms with Crippen LogP contribution in [0.1, 0.15) is 42.5 Å². The van der Waals surface area contributed by atoms with Gasteiger partial charge in [-0.05, 0) is 26.3 Å². The third-order valence-corrected chi connectivity index (χ3v) is 2.24. The highest BCUT2D eigenvalue weighted by Gasteiger charge is 2.10. The van der Waals surface area contributed by atoms with Gasteiger partial charge < -0.3 is 5.11 Å². The summed E-state index contributed by atoms with van der Waals surface area (Å²) in [5, 5.41) is 18.3. The molecular formula is C11H14N2O. The number of rotatable bonds is 2. The first-order chi connectivity index (χ1) is 6.60. The molecule has 0 bridgehead atoms. The highest BCUT2D eigenvalue weighted by atomic mass is 16.3. The molecule has 0 aliphatic heterocycles. The molecule has 1 unspecified atom stereocenters. The van der Waals surface area contributed by atoms with E-state index in [1.807, 2.05) is 13.8 Å². The Morgan fingerprint density at radius 2 is 2.29 bits per heavy atom. The molecule has 14 heavy (non-hydrogen) atoms. The SMILES string of the molecule is CCc1nc(C)c(C(C)O)cc1C#N. The summed E-state index contributed by atoms with van der Waals surface area (Å²) in [5.74, 6) is 0. The van der Waals surface area contributed by atoms with Crippen molar-refractivity contribution >= 4 is 0 Å². The second-order valence-corrected chi connectivity index (χ2v) is 3.30. The zero-order valence-electron chi connectivity index (χ0n) is 8.70. The average molecular weight is 190 g/mol. The number of nitriles is 1. The standard InChI is InChI=1S/C11H14N2O/c1-4-11-9(6-12)5-10(8(3)14)7(2)13-11/h5,8,14H,4H2,1-3H3. The average Bonchev–Trinajstić information content (AvgIpc) is 2.16. The second kappa shape index (κ2) is 4.21. The van der Waals surface area contributed by atoms with Crippen LogP contribution in [0.25, 0.3) is 0 Å². The largest absolute Gasteiger partial charge is 0.389 e. The van der Waals surface area contributed by atoms with E-state index in [1.165, 1.54) is 0 Å². The van der Waals surface area contributed by atoms with Gasteiger partial charge in [0.05, 0.1) is 17.4 Å². The molecule has 0 spiro atoms. The van der Waals surface area contributed by atoms with E-state index in [4.69, 9.17) is 5.26 Å². The minimum atomic E-state index is -0.569. The Kier molecular flexibility index (Phi) is 3.21. The van der Waals surface area contributed by atoms with E-state index < -0.39 is 6.10 Å². The van der Waals surface area contributed by atoms with E-state index >= 15 is 0 Å². The van der Waals surface area contributed by atoms with Crippen LogP contribution in [-0.2, 0) is 6.42 Å². The molecule has 74 valence electrons. The van der Waals surface area contributed by atoms with E-state index in [0.29, 0.717) is 5.56 Å². The second-order valence-electron chi connectivity index (χ2n) is 3.30. The molecule has 0 aliphatic rings. The highest BCUT2D eigenvalue weighted by molar-refractivity contribution is 5.39. The number of hydrogen-bond acceptors (Lipinski definition) is 3. The Morgan fingerprint density at radius 3 is 2.71 bits per heavy atom. The maximum atomic E-state index is 9.44. The molecule has 3 nitrogen and oxygen atoms in total. The van der Waals surface area contributed by atoms with Gasteiger partial charge in [0.2, 0.25) is 0 Å². The van der Waals surface area contributed by atoms with Crippen molar-refractivity contribution in [2.45, 2.75) is 33.3 Å². The Balaban J connectivity index is 3.32. The molecule has 0 radical (unpaired) electrons. The predicted octanol–water partition coefficient (Wildman–Crippen LogP) is 1.88. The van der Waals surface area contributed by atoms with Crippen molar-refractivity contribution in [3.05, 3.63) is 28.6 Å². The van der Waals surface area contributed by atoms with Crippen LogP contribution < -0.4 is 0 Å². The fourth-order valence-electron chi connectivity index (χ4n) is 1.46. The summed E-state index contributed by atoms with van der Waals surface area (Å²) in [5.41, 5.74) is 2.90. The van der Waals surface area contributed by atoms with Gasteiger partial charge in [-0.15, -0.1) is 0 Å². The zero-order valence-corrected chi connectivity index (χ0v) is 8.70. The molecule has 0 amide bonds. The predicted molar refractivity (Wildman–Crippen MR) is 53.7 cm³/mol. The normalized spacial score (nSPS) is 12.2. The number of nitrogens with zero attached hydrogens (tertiary/aromatic N) is 2. The lowest BCUT2D eigenvalue weighted by Crippen LogP contribution is -2.03. The zero-order chi connectivity index (χ0) is 10.7. The van der Waals surface area contributed by atoms with Crippen LogP contribution in [0.15, 0.2) is 6.07 Å². The number of hydrogen-bond donors (Lipinski definition) is 1. The van der Waals surface area contributed by atoms with E-state index in [-0.39, 0.29) is 0 Å². The van der Waals surface area contributed by atoms with Gasteiger partial charge in [-0.1, -0.05) is 6.92 Å². The molecular weight excluding hydrogens is 176 g/mol. The first-order valence-corrected chi connectivity index (χ1v) is 4.68. The minimum Gasteiger partial charge on any atom is -0.389 e. The Labute approximate surface area is 84.0 Å². The van der Waals surface area contributed by atoms with Crippen LogP contribution >= 0.6 is 0 Å². The smallest absolute Gasteiger partial charge is 0.101 e. The molecule has 0 fully saturated rings. The van der Waals surface area contributed by atoms with Crippen molar-refractivity contribution in [3.63, 3.8) is 0 Å². The number of aliphatic hydroxyl groups excluding tert-OH is 1. The van der Waals surface area contributed by atoms with Crippen LogP contribution in [0.4, 0.5) is 0 Å². The molecule has 1 atom stereocenters. The molecule has 0 saturated heterocycles. The monoisotopic (exact) mass is 190 g/mol. The van der Waals surface area contributed by atoms with Crippen molar-refractivity contribution in [2.75, 3.05) is 0 Å². The van der Waals surface area contributed by atoms with E-state index in [9.17, 15) is 5.11 Å². The molecule has 1 rings (SSSR count). The quantitative estimate of drug-likeness (QED) is 0.774. The van der Waals surface area contributed by atoms with E-state index in [0.717, 1.165) is 23.4 Å². The molecule has 0 saturated carbocycles. The van der Waals surface area contributed by atoms with Crippen LogP contribution in [0.5, 0.6) is 0 Å². The summed E-state index contributed by atoms with van der Waals surface area (Å²) in [6.07, 6.45) is 0.171. The van der Waals surface area contributed by atoms with Crippen LogP contribution in [0.3, 0.4) is 0 Å². The molecule has 1 aromatic heterocycles. The first-order valence-electron chi connectivity index (χ1n) is 4.68. The van der Waals surface area contributed by atoms with Gasteiger partial charge in [-0.25, -0.2) is 0 Å². The van der Waals surface area contributed by atoms with E-state index in [2.05, 4.69) is 11.1 Å². The number of aliphatic hydroxyl groups is 1. The van der Waals surface area contributed by atoms with Gasteiger partial charge in [0.15, 0.2) is 0 Å². The Bertz CT molecular complexity index is 378. The Morgan fingerprint density at radius 1 is 1.64 bits per heavy atom. The van der Waals surface area contributed by atoms with Crippen molar-refractivity contribution in [3.8, 4) is 6.07 Å². The lowest BCUT2D eigenvalue weighted by Gasteiger charge is -2.10. The Hall–Kier alpha value is -1.40. The summed E-state index contributed by atoms with van der Waals surface area (Å²) < 4.78 is 0. The van der Waals surface area contributed by atoms with Gasteiger partial charge in [-0.2, -0.15) is 5.26 Å². The molecule has 1 aromatic rings. The summed E-state index contributed by atoms with van der Waals surface area (Å²) in [6.45, 7) is 5.49. The molecule has 1 N–H and O–H groups in total. The minimum absolute atomic E-state index is 0.564. The molecule has 0 aliphatic carbocycles. The van der Waals surface area contributed by atoms with Crippen LogP contribution in [-0.4, -0.2) is 10.1 Å². The topological polar surface area (TPSA) is 56.9 Å².